The maximum absolute atomic E-state index is 12.8. The highest BCUT2D eigenvalue weighted by molar-refractivity contribution is 7.13. The van der Waals surface area contributed by atoms with Gasteiger partial charge in [-0.05, 0) is 19.1 Å². The number of thiazole rings is 1. The zero-order valence-corrected chi connectivity index (χ0v) is 14.2. The lowest BCUT2D eigenvalue weighted by atomic mass is 10.1. The van der Waals surface area contributed by atoms with Crippen molar-refractivity contribution >= 4 is 23.2 Å². The van der Waals surface area contributed by atoms with E-state index in [0.29, 0.717) is 12.0 Å². The monoisotopic (exact) mass is 346 g/mol. The SMILES string of the molecule is COC1CC(C(=O)O)N(C(=O)c2cccc(-c3nc(C)cs3)c2)C1. The molecule has 0 radical (unpaired) electrons. The van der Waals surface area contributed by atoms with Crippen molar-refractivity contribution in [3.63, 3.8) is 0 Å². The first-order valence-electron chi connectivity index (χ1n) is 7.58. The molecule has 1 aliphatic rings. The second kappa shape index (κ2) is 6.70. The Bertz CT molecular complexity index is 773. The minimum absolute atomic E-state index is 0.250. The van der Waals surface area contributed by atoms with E-state index in [1.165, 1.54) is 23.3 Å². The van der Waals surface area contributed by atoms with E-state index in [2.05, 4.69) is 4.98 Å². The van der Waals surface area contributed by atoms with Gasteiger partial charge in [0.1, 0.15) is 11.0 Å². The summed E-state index contributed by atoms with van der Waals surface area (Å²) in [5.41, 5.74) is 2.25. The summed E-state index contributed by atoms with van der Waals surface area (Å²) in [7, 11) is 1.53. The van der Waals surface area contributed by atoms with E-state index in [4.69, 9.17) is 4.74 Å². The molecule has 1 fully saturated rings. The fourth-order valence-corrected chi connectivity index (χ4v) is 3.66. The van der Waals surface area contributed by atoms with Crippen LogP contribution in [0.1, 0.15) is 22.5 Å². The largest absolute Gasteiger partial charge is 0.480 e. The quantitative estimate of drug-likeness (QED) is 0.920. The maximum Gasteiger partial charge on any atom is 0.326 e. The Labute approximate surface area is 143 Å². The number of ether oxygens (including phenoxy) is 1. The Morgan fingerprint density at radius 3 is 2.83 bits per heavy atom. The first-order chi connectivity index (χ1) is 11.5. The van der Waals surface area contributed by atoms with Gasteiger partial charge in [-0.3, -0.25) is 4.79 Å². The van der Waals surface area contributed by atoms with Crippen LogP contribution in [0.2, 0.25) is 0 Å². The normalized spacial score (nSPS) is 20.3. The predicted molar refractivity (Wildman–Crippen MR) is 90.2 cm³/mol. The van der Waals surface area contributed by atoms with E-state index in [0.717, 1.165) is 16.3 Å². The molecule has 1 aliphatic heterocycles. The molecule has 24 heavy (non-hydrogen) atoms. The number of nitrogens with zero attached hydrogens (tertiary/aromatic N) is 2. The Morgan fingerprint density at radius 2 is 2.21 bits per heavy atom. The molecule has 0 bridgehead atoms. The minimum atomic E-state index is -1.00. The van der Waals surface area contributed by atoms with Gasteiger partial charge in [-0.25, -0.2) is 9.78 Å². The van der Waals surface area contributed by atoms with E-state index in [9.17, 15) is 14.7 Å². The highest BCUT2D eigenvalue weighted by Crippen LogP contribution is 2.27. The molecule has 0 aliphatic carbocycles. The number of methoxy groups -OCH3 is 1. The number of aromatic nitrogens is 1. The third-order valence-electron chi connectivity index (χ3n) is 4.12. The zero-order chi connectivity index (χ0) is 17.3. The summed E-state index contributed by atoms with van der Waals surface area (Å²) in [6, 6.07) is 6.29. The standard InChI is InChI=1S/C17H18N2O4S/c1-10-9-24-15(18-10)11-4-3-5-12(6-11)16(20)19-8-13(23-2)7-14(19)17(21)22/h3-6,9,13-14H,7-8H2,1-2H3,(H,21,22). The Balaban J connectivity index is 1.88. The number of carboxylic acids is 1. The third kappa shape index (κ3) is 3.18. The van der Waals surface area contributed by atoms with Gasteiger partial charge in [0.2, 0.25) is 0 Å². The highest BCUT2D eigenvalue weighted by atomic mass is 32.1. The number of hydrogen-bond donors (Lipinski definition) is 1. The van der Waals surface area contributed by atoms with Gasteiger partial charge < -0.3 is 14.7 Å². The molecule has 3 rings (SSSR count). The van der Waals surface area contributed by atoms with Crippen LogP contribution in [0, 0.1) is 6.92 Å². The number of likely N-dealkylation sites (tertiary alicyclic amines) is 1. The van der Waals surface area contributed by atoms with Crippen molar-refractivity contribution in [2.45, 2.75) is 25.5 Å². The van der Waals surface area contributed by atoms with E-state index < -0.39 is 12.0 Å². The maximum atomic E-state index is 12.8. The summed E-state index contributed by atoms with van der Waals surface area (Å²) < 4.78 is 5.24. The zero-order valence-electron chi connectivity index (χ0n) is 13.4. The van der Waals surface area contributed by atoms with Crippen molar-refractivity contribution in [1.29, 1.82) is 0 Å². The second-order valence-electron chi connectivity index (χ2n) is 5.78. The van der Waals surface area contributed by atoms with Crippen LogP contribution in [0.5, 0.6) is 0 Å². The number of aliphatic carboxylic acids is 1. The molecular formula is C17H18N2O4S. The van der Waals surface area contributed by atoms with E-state index in [-0.39, 0.29) is 18.6 Å². The van der Waals surface area contributed by atoms with Gasteiger partial charge in [-0.1, -0.05) is 12.1 Å². The Morgan fingerprint density at radius 1 is 1.42 bits per heavy atom. The van der Waals surface area contributed by atoms with Crippen LogP contribution in [0.4, 0.5) is 0 Å². The number of aryl methyl sites for hydroxylation is 1. The van der Waals surface area contributed by atoms with Gasteiger partial charge in [-0.2, -0.15) is 0 Å². The molecule has 2 aromatic rings. The fraction of sp³-hybridized carbons (Fsp3) is 0.353. The van der Waals surface area contributed by atoms with Crippen molar-refractivity contribution in [3.05, 3.63) is 40.9 Å². The number of amides is 1. The molecule has 6 nitrogen and oxygen atoms in total. The minimum Gasteiger partial charge on any atom is -0.480 e. The number of carbonyl (C=O) groups excluding carboxylic acids is 1. The van der Waals surface area contributed by atoms with Crippen molar-refractivity contribution in [2.24, 2.45) is 0 Å². The van der Waals surface area contributed by atoms with Gasteiger partial charge >= 0.3 is 5.97 Å². The average Bonchev–Trinajstić information content (AvgIpc) is 3.20. The molecule has 1 saturated heterocycles. The smallest absolute Gasteiger partial charge is 0.326 e. The topological polar surface area (TPSA) is 79.7 Å². The van der Waals surface area contributed by atoms with Crippen LogP contribution in [-0.2, 0) is 9.53 Å². The number of carbonyl (C=O) groups is 2. The van der Waals surface area contributed by atoms with Gasteiger partial charge in [-0.15, -0.1) is 11.3 Å². The number of hydrogen-bond acceptors (Lipinski definition) is 5. The van der Waals surface area contributed by atoms with Crippen molar-refractivity contribution in [3.8, 4) is 10.6 Å². The molecule has 2 unspecified atom stereocenters. The molecule has 1 aromatic heterocycles. The molecular weight excluding hydrogens is 328 g/mol. The molecule has 126 valence electrons. The van der Waals surface area contributed by atoms with E-state index in [1.54, 1.807) is 18.2 Å². The summed E-state index contributed by atoms with van der Waals surface area (Å²) in [5.74, 6) is -1.30. The molecule has 1 amide bonds. The van der Waals surface area contributed by atoms with Crippen molar-refractivity contribution in [1.82, 2.24) is 9.88 Å². The summed E-state index contributed by atoms with van der Waals surface area (Å²) in [6.07, 6.45) is 0.0583. The highest BCUT2D eigenvalue weighted by Gasteiger charge is 2.40. The average molecular weight is 346 g/mol. The van der Waals surface area contributed by atoms with Gasteiger partial charge in [0.15, 0.2) is 0 Å². The first-order valence-corrected chi connectivity index (χ1v) is 8.46. The van der Waals surface area contributed by atoms with Gasteiger partial charge in [0, 0.05) is 42.3 Å². The lowest BCUT2D eigenvalue weighted by molar-refractivity contribution is -0.141. The molecule has 2 heterocycles. The molecule has 0 saturated carbocycles. The summed E-state index contributed by atoms with van der Waals surface area (Å²) >= 11 is 1.51. The van der Waals surface area contributed by atoms with Crippen LogP contribution in [0.15, 0.2) is 29.6 Å². The molecule has 2 atom stereocenters. The Hall–Kier alpha value is -2.25. The van der Waals surface area contributed by atoms with E-state index in [1.807, 2.05) is 18.4 Å². The molecule has 7 heteroatoms. The molecule has 1 aromatic carbocycles. The van der Waals surface area contributed by atoms with Crippen LogP contribution < -0.4 is 0 Å². The van der Waals surface area contributed by atoms with Gasteiger partial charge in [0.05, 0.1) is 6.10 Å². The summed E-state index contributed by atoms with van der Waals surface area (Å²) in [5, 5.41) is 12.2. The van der Waals surface area contributed by atoms with Crippen molar-refractivity contribution < 1.29 is 19.4 Å². The number of benzene rings is 1. The second-order valence-corrected chi connectivity index (χ2v) is 6.64. The lowest BCUT2D eigenvalue weighted by Crippen LogP contribution is -2.40. The summed E-state index contributed by atoms with van der Waals surface area (Å²) in [6.45, 7) is 2.20. The van der Waals surface area contributed by atoms with Crippen LogP contribution >= 0.6 is 11.3 Å². The summed E-state index contributed by atoms with van der Waals surface area (Å²) in [4.78, 5) is 30.0. The fourth-order valence-electron chi connectivity index (χ4n) is 2.86. The number of carboxylic acid groups (broad SMARTS) is 1. The Kier molecular flexibility index (Phi) is 4.64. The van der Waals surface area contributed by atoms with Crippen molar-refractivity contribution in [2.75, 3.05) is 13.7 Å². The lowest BCUT2D eigenvalue weighted by Gasteiger charge is -2.21. The van der Waals surface area contributed by atoms with Crippen LogP contribution in [0.3, 0.4) is 0 Å². The third-order valence-corrected chi connectivity index (χ3v) is 5.13. The van der Waals surface area contributed by atoms with Gasteiger partial charge in [0.25, 0.3) is 5.91 Å². The predicted octanol–water partition coefficient (Wildman–Crippen LogP) is 2.43. The van der Waals surface area contributed by atoms with Crippen LogP contribution in [0.25, 0.3) is 10.6 Å². The first kappa shape index (κ1) is 16.6. The molecule has 1 N–H and O–H groups in total. The molecule has 0 spiro atoms. The van der Waals surface area contributed by atoms with Crippen LogP contribution in [-0.4, -0.2) is 52.7 Å². The van der Waals surface area contributed by atoms with E-state index >= 15 is 0 Å². The number of rotatable bonds is 4.